The summed E-state index contributed by atoms with van der Waals surface area (Å²) in [4.78, 5) is 83.1. The number of hydrogen-bond acceptors (Lipinski definition) is 14. The SMILES string of the molecule is COc1cc2cc(c1Cl)N(C)C(=O)C[C@H](OC(=O)C1CCC(CSC3CC(=O)N(CC4CCC(C(=O)NNI)CC4)C3=O)CC1)[C@]1(C)O[C@H]1[C@H](C)[C@@H]1C[C@@](O)(NC(=O)O1)[C@H](OC)/C=C/C=C(\C)C2. The van der Waals surface area contributed by atoms with Crippen molar-refractivity contribution >= 4 is 87.6 Å². The highest BCUT2D eigenvalue weighted by atomic mass is 127. The van der Waals surface area contributed by atoms with Gasteiger partial charge in [0.25, 0.3) is 0 Å². The van der Waals surface area contributed by atoms with E-state index in [-0.39, 0.29) is 65.7 Å². The maximum absolute atomic E-state index is 14.4. The van der Waals surface area contributed by atoms with Gasteiger partial charge in [-0.3, -0.25) is 39.6 Å². The highest BCUT2D eigenvalue weighted by Gasteiger charge is 2.64. The van der Waals surface area contributed by atoms with E-state index in [0.717, 1.165) is 49.7 Å². The number of anilines is 1. The summed E-state index contributed by atoms with van der Waals surface area (Å²) >= 11 is 10.2. The summed E-state index contributed by atoms with van der Waals surface area (Å²) < 4.78 is 32.4. The largest absolute Gasteiger partial charge is 0.495 e. The number of carbonyl (C=O) groups is 6. The zero-order chi connectivity index (χ0) is 49.1. The van der Waals surface area contributed by atoms with E-state index in [4.69, 9.17) is 35.3 Å². The molecular formula is C48H65ClIN5O12S. The smallest absolute Gasteiger partial charge is 0.409 e. The third-order valence-electron chi connectivity index (χ3n) is 15.0. The fraction of sp³-hybridized carbons (Fsp3) is 0.667. The minimum absolute atomic E-state index is 0.0337. The summed E-state index contributed by atoms with van der Waals surface area (Å²) in [6, 6.07) is 3.63. The van der Waals surface area contributed by atoms with E-state index in [0.29, 0.717) is 43.0 Å². The molecule has 4 N–H and O–H groups in total. The van der Waals surface area contributed by atoms with Gasteiger partial charge in [0.05, 0.1) is 36.5 Å². The Bertz CT molecular complexity index is 2150. The molecule has 5 amide bonds. The highest BCUT2D eigenvalue weighted by molar-refractivity contribution is 14.1. The molecule has 2 saturated carbocycles. The first-order chi connectivity index (χ1) is 32.4. The van der Waals surface area contributed by atoms with Gasteiger partial charge in [0.15, 0.2) is 5.72 Å². The van der Waals surface area contributed by atoms with Gasteiger partial charge >= 0.3 is 12.1 Å². The first-order valence-corrected chi connectivity index (χ1v) is 26.1. The second-order valence-electron chi connectivity index (χ2n) is 19.6. The molecule has 1 unspecified atom stereocenters. The number of alkyl carbamates (subject to hydrolysis) is 1. The summed E-state index contributed by atoms with van der Waals surface area (Å²) in [5, 5.41) is 14.2. The minimum Gasteiger partial charge on any atom is -0.495 e. The van der Waals surface area contributed by atoms with E-state index < -0.39 is 64.9 Å². The second kappa shape index (κ2) is 22.3. The quantitative estimate of drug-likeness (QED) is 0.0492. The van der Waals surface area contributed by atoms with Crippen molar-refractivity contribution < 1.29 is 57.6 Å². The van der Waals surface area contributed by atoms with E-state index in [1.165, 1.54) is 35.8 Å². The van der Waals surface area contributed by atoms with Crippen LogP contribution in [-0.2, 0) is 49.3 Å². The van der Waals surface area contributed by atoms with Crippen LogP contribution in [0.4, 0.5) is 10.5 Å². The summed E-state index contributed by atoms with van der Waals surface area (Å²) in [6.07, 6.45) is 6.94. The number of benzene rings is 1. The number of carbonyl (C=O) groups excluding carboxylic acids is 6. The second-order valence-corrected chi connectivity index (χ2v) is 21.8. The predicted molar refractivity (Wildman–Crippen MR) is 262 cm³/mol. The summed E-state index contributed by atoms with van der Waals surface area (Å²) in [5.41, 5.74) is 1.82. The van der Waals surface area contributed by atoms with Crippen LogP contribution >= 0.6 is 46.2 Å². The molecular weight excluding hydrogens is 1030 g/mol. The number of nitrogens with zero attached hydrogens (tertiary/aromatic N) is 2. The number of imide groups is 1. The number of halogens is 2. The highest BCUT2D eigenvalue weighted by Crippen LogP contribution is 2.50. The average molecular weight is 1100 g/mol. The maximum atomic E-state index is 14.4. The van der Waals surface area contributed by atoms with Crippen LogP contribution < -0.4 is 24.0 Å². The number of hydrazine groups is 1. The number of esters is 1. The maximum Gasteiger partial charge on any atom is 0.409 e. The molecule has 0 radical (unpaired) electrons. The zero-order valence-electron chi connectivity index (χ0n) is 39.6. The van der Waals surface area contributed by atoms with Gasteiger partial charge in [0.1, 0.15) is 34.7 Å². The number of rotatable bonds is 11. The molecule has 3 saturated heterocycles. The van der Waals surface area contributed by atoms with Crippen LogP contribution in [0.5, 0.6) is 5.75 Å². The normalized spacial score (nSPS) is 35.9. The van der Waals surface area contributed by atoms with E-state index in [9.17, 15) is 33.9 Å². The monoisotopic (exact) mass is 1100 g/mol. The van der Waals surface area contributed by atoms with Crippen LogP contribution in [-0.4, -0.2) is 120 Å². The third kappa shape index (κ3) is 11.8. The molecule has 20 heteroatoms. The molecule has 0 spiro atoms. The average Bonchev–Trinajstić information content (AvgIpc) is 3.94. The van der Waals surface area contributed by atoms with Gasteiger partial charge in [-0.25, -0.2) is 4.79 Å². The summed E-state index contributed by atoms with van der Waals surface area (Å²) in [5.74, 6) is -0.682. The molecule has 374 valence electrons. The van der Waals surface area contributed by atoms with Crippen LogP contribution in [0.1, 0.15) is 97.0 Å². The summed E-state index contributed by atoms with van der Waals surface area (Å²) in [7, 11) is 4.56. The molecule has 17 nitrogen and oxygen atoms in total. The van der Waals surface area contributed by atoms with Crippen LogP contribution in [0.15, 0.2) is 35.9 Å². The van der Waals surface area contributed by atoms with Crippen molar-refractivity contribution in [1.29, 1.82) is 0 Å². The fourth-order valence-electron chi connectivity index (χ4n) is 10.6. The Morgan fingerprint density at radius 3 is 2.38 bits per heavy atom. The number of epoxide rings is 1. The first kappa shape index (κ1) is 52.4. The molecule has 8 atom stereocenters. The lowest BCUT2D eigenvalue weighted by molar-refractivity contribution is -0.160. The number of nitrogens with one attached hydrogen (secondary N) is 3. The van der Waals surface area contributed by atoms with Crippen molar-refractivity contribution in [3.63, 3.8) is 0 Å². The van der Waals surface area contributed by atoms with Crippen molar-refractivity contribution in [2.75, 3.05) is 38.5 Å². The Balaban J connectivity index is 1.01. The van der Waals surface area contributed by atoms with E-state index in [2.05, 4.69) is 14.4 Å². The number of aliphatic hydroxyl groups is 1. The van der Waals surface area contributed by atoms with Gasteiger partial charge in [0.2, 0.25) is 23.6 Å². The summed E-state index contributed by atoms with van der Waals surface area (Å²) in [6.45, 7) is 5.94. The zero-order valence-corrected chi connectivity index (χ0v) is 43.3. The van der Waals surface area contributed by atoms with E-state index in [1.807, 2.05) is 54.9 Å². The van der Waals surface area contributed by atoms with Gasteiger partial charge in [-0.2, -0.15) is 3.64 Å². The number of amides is 5. The standard InChI is InChI=1S/C48H65ClIN5O12S/c1-26-8-7-9-37(64-6)48(62)23-35(65-46(61)51-48)27(2)42-47(3,67-42)38(22-39(56)54(4)33-19-30(18-26)20-34(63-5)41(33)49)66-45(60)32-16-12-29(13-17-32)25-68-36-21-40(57)55(44(36)59)24-28-10-14-31(15-11-28)43(58)52-53-50/h7-9,19-20,27-29,31-32,35-38,42,53,62H,10-18,21-25H2,1-6H3,(H,51,61)(H,52,58)/b9-7+,26-8+/t27-,28?,29?,31?,32?,35+,36?,37-,38+,42+,47+,48+/m1/s1. The van der Waals surface area contributed by atoms with Crippen molar-refractivity contribution in [3.05, 3.63) is 46.5 Å². The van der Waals surface area contributed by atoms with Gasteiger partial charge in [0, 0.05) is 68.2 Å². The predicted octanol–water partition coefficient (Wildman–Crippen LogP) is 6.11. The first-order valence-electron chi connectivity index (χ1n) is 23.6. The van der Waals surface area contributed by atoms with Crippen molar-refractivity contribution in [2.24, 2.45) is 29.6 Å². The molecule has 4 bridgehead atoms. The van der Waals surface area contributed by atoms with Crippen LogP contribution in [0.25, 0.3) is 0 Å². The van der Waals surface area contributed by atoms with Gasteiger partial charge in [-0.15, -0.1) is 11.8 Å². The Kier molecular flexibility index (Phi) is 17.2. The molecule has 5 fully saturated rings. The van der Waals surface area contributed by atoms with Crippen molar-refractivity contribution in [2.45, 2.75) is 139 Å². The molecule has 68 heavy (non-hydrogen) atoms. The molecule has 2 aliphatic carbocycles. The Hall–Kier alpha value is -3.47. The number of allylic oxidation sites excluding steroid dienone is 3. The molecule has 6 aliphatic rings. The van der Waals surface area contributed by atoms with Gasteiger partial charge in [-0.05, 0) is 107 Å². The Labute approximate surface area is 421 Å². The molecule has 0 aromatic heterocycles. The van der Waals surface area contributed by atoms with Crippen LogP contribution in [0.2, 0.25) is 5.02 Å². The molecule has 4 heterocycles. The topological polar surface area (TPSA) is 215 Å². The lowest BCUT2D eigenvalue weighted by Gasteiger charge is -2.42. The lowest BCUT2D eigenvalue weighted by atomic mass is 9.81. The number of fused-ring (bicyclic) bond motifs is 5. The molecule has 1 aromatic carbocycles. The Morgan fingerprint density at radius 2 is 1.71 bits per heavy atom. The molecule has 4 aliphatic heterocycles. The third-order valence-corrected chi connectivity index (χ3v) is 17.0. The fourth-order valence-corrected chi connectivity index (χ4v) is 12.6. The Morgan fingerprint density at radius 1 is 1.01 bits per heavy atom. The van der Waals surface area contributed by atoms with Crippen molar-refractivity contribution in [3.8, 4) is 5.75 Å². The van der Waals surface area contributed by atoms with E-state index in [1.54, 1.807) is 26.1 Å². The van der Waals surface area contributed by atoms with Crippen LogP contribution in [0, 0.1) is 29.6 Å². The van der Waals surface area contributed by atoms with Crippen molar-refractivity contribution in [1.82, 2.24) is 19.3 Å². The molecule has 7 rings (SSSR count). The minimum atomic E-state index is -1.83. The number of ether oxygens (including phenoxy) is 5. The number of hydrogen-bond donors (Lipinski definition) is 4. The molecule has 1 aromatic rings. The van der Waals surface area contributed by atoms with Crippen LogP contribution in [0.3, 0.4) is 0 Å². The number of likely N-dealkylation sites (tertiary alicyclic amines) is 1. The van der Waals surface area contributed by atoms with Gasteiger partial charge < -0.3 is 33.7 Å². The number of thioether (sulfide) groups is 1. The lowest BCUT2D eigenvalue weighted by Crippen LogP contribution is -2.63. The number of methoxy groups -OCH3 is 2. The van der Waals surface area contributed by atoms with Gasteiger partial charge in [-0.1, -0.05) is 42.3 Å². The van der Waals surface area contributed by atoms with E-state index >= 15 is 0 Å².